The van der Waals surface area contributed by atoms with Crippen LogP contribution in [0.5, 0.6) is 0 Å². The minimum Gasteiger partial charge on any atom is -0.346 e. The Bertz CT molecular complexity index is 1300. The Labute approximate surface area is 205 Å². The normalized spacial score (nSPS) is 17.9. The zero-order chi connectivity index (χ0) is 24.4. The first-order valence-electron chi connectivity index (χ1n) is 12.2. The molecule has 3 aromatic heterocycles. The lowest BCUT2D eigenvalue weighted by atomic mass is 9.85. The fraction of sp³-hybridized carbons (Fsp3) is 0.370. The number of hydrogen-bond donors (Lipinski definition) is 0. The SMILES string of the molecule is CCN(C)C(=O)[C@H]1CC[C@H](n2cc(-c3cnc(-c4cccc(-c5cnn(C)c5)c4)nc3)cn2)CC1. The lowest BCUT2D eigenvalue weighted by Gasteiger charge is -2.30. The summed E-state index contributed by atoms with van der Waals surface area (Å²) >= 11 is 0. The summed E-state index contributed by atoms with van der Waals surface area (Å²) in [5.41, 5.74) is 5.06. The van der Waals surface area contributed by atoms with Crippen molar-refractivity contribution in [2.75, 3.05) is 13.6 Å². The number of hydrogen-bond acceptors (Lipinski definition) is 5. The summed E-state index contributed by atoms with van der Waals surface area (Å²) in [4.78, 5) is 23.6. The Morgan fingerprint density at radius 2 is 1.60 bits per heavy atom. The molecule has 1 aliphatic rings. The topological polar surface area (TPSA) is 81.7 Å². The zero-order valence-corrected chi connectivity index (χ0v) is 20.5. The molecule has 5 rings (SSSR count). The number of carbonyl (C=O) groups is 1. The molecule has 4 aromatic rings. The van der Waals surface area contributed by atoms with Gasteiger partial charge in [-0.05, 0) is 44.2 Å². The molecule has 0 spiro atoms. The molecule has 0 aliphatic heterocycles. The summed E-state index contributed by atoms with van der Waals surface area (Å²) in [7, 11) is 3.80. The number of carbonyl (C=O) groups excluding carboxylic acids is 1. The van der Waals surface area contributed by atoms with Gasteiger partial charge in [-0.1, -0.05) is 18.2 Å². The van der Waals surface area contributed by atoms with Gasteiger partial charge in [0, 0.05) is 73.6 Å². The van der Waals surface area contributed by atoms with Gasteiger partial charge < -0.3 is 4.90 Å². The monoisotopic (exact) mass is 469 g/mol. The molecule has 0 unspecified atom stereocenters. The van der Waals surface area contributed by atoms with Crippen LogP contribution in [-0.4, -0.2) is 53.9 Å². The van der Waals surface area contributed by atoms with Gasteiger partial charge in [-0.25, -0.2) is 9.97 Å². The number of benzene rings is 1. The highest BCUT2D eigenvalue weighted by molar-refractivity contribution is 5.78. The molecule has 1 fully saturated rings. The van der Waals surface area contributed by atoms with E-state index in [9.17, 15) is 4.79 Å². The molecular weight excluding hydrogens is 438 g/mol. The molecule has 1 amide bonds. The summed E-state index contributed by atoms with van der Waals surface area (Å²) in [5, 5.41) is 8.88. The van der Waals surface area contributed by atoms with Crippen LogP contribution in [0.4, 0.5) is 0 Å². The highest BCUT2D eigenvalue weighted by Crippen LogP contribution is 2.34. The van der Waals surface area contributed by atoms with E-state index in [1.54, 1.807) is 4.68 Å². The van der Waals surface area contributed by atoms with E-state index in [1.807, 2.05) is 73.7 Å². The third kappa shape index (κ3) is 4.87. The first-order chi connectivity index (χ1) is 17.0. The molecule has 8 heteroatoms. The third-order valence-corrected chi connectivity index (χ3v) is 7.02. The highest BCUT2D eigenvalue weighted by atomic mass is 16.2. The van der Waals surface area contributed by atoms with Crippen LogP contribution in [0.2, 0.25) is 0 Å². The van der Waals surface area contributed by atoms with E-state index >= 15 is 0 Å². The van der Waals surface area contributed by atoms with Gasteiger partial charge in [0.05, 0.1) is 18.4 Å². The van der Waals surface area contributed by atoms with Gasteiger partial charge in [0.1, 0.15) is 0 Å². The second-order valence-corrected chi connectivity index (χ2v) is 9.35. The van der Waals surface area contributed by atoms with Gasteiger partial charge in [0.15, 0.2) is 5.82 Å². The van der Waals surface area contributed by atoms with Crippen molar-refractivity contribution in [2.45, 2.75) is 38.6 Å². The summed E-state index contributed by atoms with van der Waals surface area (Å²) in [5.74, 6) is 1.10. The molecule has 1 aliphatic carbocycles. The predicted molar refractivity (Wildman–Crippen MR) is 135 cm³/mol. The number of amides is 1. The van der Waals surface area contributed by atoms with Crippen LogP contribution in [0, 0.1) is 5.92 Å². The van der Waals surface area contributed by atoms with Gasteiger partial charge in [-0.15, -0.1) is 0 Å². The largest absolute Gasteiger partial charge is 0.346 e. The summed E-state index contributed by atoms with van der Waals surface area (Å²) in [6.45, 7) is 2.78. The molecule has 8 nitrogen and oxygen atoms in total. The van der Waals surface area contributed by atoms with Crippen molar-refractivity contribution in [3.8, 4) is 33.6 Å². The van der Waals surface area contributed by atoms with Gasteiger partial charge in [0.25, 0.3) is 0 Å². The van der Waals surface area contributed by atoms with E-state index in [0.717, 1.165) is 60.0 Å². The van der Waals surface area contributed by atoms with Crippen LogP contribution < -0.4 is 0 Å². The van der Waals surface area contributed by atoms with Gasteiger partial charge in [-0.2, -0.15) is 10.2 Å². The van der Waals surface area contributed by atoms with E-state index < -0.39 is 0 Å². The van der Waals surface area contributed by atoms with Crippen LogP contribution >= 0.6 is 0 Å². The highest BCUT2D eigenvalue weighted by Gasteiger charge is 2.29. The molecule has 0 radical (unpaired) electrons. The minimum atomic E-state index is 0.142. The van der Waals surface area contributed by atoms with E-state index in [-0.39, 0.29) is 11.8 Å². The van der Waals surface area contributed by atoms with Crippen LogP contribution in [0.25, 0.3) is 33.6 Å². The summed E-state index contributed by atoms with van der Waals surface area (Å²) in [6, 6.07) is 8.52. The predicted octanol–water partition coefficient (Wildman–Crippen LogP) is 4.62. The maximum atomic E-state index is 12.5. The third-order valence-electron chi connectivity index (χ3n) is 7.02. The van der Waals surface area contributed by atoms with Gasteiger partial charge in [0.2, 0.25) is 5.91 Å². The van der Waals surface area contributed by atoms with Crippen molar-refractivity contribution >= 4 is 5.91 Å². The second kappa shape index (κ2) is 9.82. The number of aromatic nitrogens is 6. The average Bonchev–Trinajstić information content (AvgIpc) is 3.58. The fourth-order valence-corrected chi connectivity index (χ4v) is 4.78. The number of aryl methyl sites for hydroxylation is 1. The molecule has 0 atom stereocenters. The summed E-state index contributed by atoms with van der Waals surface area (Å²) in [6.07, 6.45) is 15.3. The molecular formula is C27H31N7O. The zero-order valence-electron chi connectivity index (χ0n) is 20.5. The smallest absolute Gasteiger partial charge is 0.225 e. The number of rotatable bonds is 6. The Hall–Kier alpha value is -3.81. The lowest BCUT2D eigenvalue weighted by Crippen LogP contribution is -2.35. The Kier molecular flexibility index (Phi) is 6.44. The van der Waals surface area contributed by atoms with E-state index in [1.165, 1.54) is 0 Å². The fourth-order valence-electron chi connectivity index (χ4n) is 4.78. The first-order valence-corrected chi connectivity index (χ1v) is 12.2. The second-order valence-electron chi connectivity index (χ2n) is 9.35. The van der Waals surface area contributed by atoms with E-state index in [2.05, 4.69) is 38.5 Å². The molecule has 0 bridgehead atoms. The van der Waals surface area contributed by atoms with Crippen molar-refractivity contribution < 1.29 is 4.79 Å². The van der Waals surface area contributed by atoms with Crippen LogP contribution in [0.1, 0.15) is 38.6 Å². The molecule has 0 saturated heterocycles. The Balaban J connectivity index is 1.26. The van der Waals surface area contributed by atoms with Crippen molar-refractivity contribution in [2.24, 2.45) is 13.0 Å². The number of nitrogens with zero attached hydrogens (tertiary/aromatic N) is 7. The maximum Gasteiger partial charge on any atom is 0.225 e. The Morgan fingerprint density at radius 1 is 0.914 bits per heavy atom. The van der Waals surface area contributed by atoms with Gasteiger partial charge >= 0.3 is 0 Å². The van der Waals surface area contributed by atoms with Crippen molar-refractivity contribution in [1.82, 2.24) is 34.4 Å². The quantitative estimate of drug-likeness (QED) is 0.412. The van der Waals surface area contributed by atoms with Crippen LogP contribution in [0.3, 0.4) is 0 Å². The van der Waals surface area contributed by atoms with Crippen molar-refractivity contribution in [1.29, 1.82) is 0 Å². The van der Waals surface area contributed by atoms with Crippen LogP contribution in [-0.2, 0) is 11.8 Å². The molecule has 0 N–H and O–H groups in total. The van der Waals surface area contributed by atoms with E-state index in [0.29, 0.717) is 11.9 Å². The maximum absolute atomic E-state index is 12.5. The minimum absolute atomic E-state index is 0.142. The molecule has 1 saturated carbocycles. The molecule has 180 valence electrons. The summed E-state index contributed by atoms with van der Waals surface area (Å²) < 4.78 is 3.84. The van der Waals surface area contributed by atoms with Gasteiger partial charge in [-0.3, -0.25) is 14.2 Å². The average molecular weight is 470 g/mol. The first kappa shape index (κ1) is 23.0. The van der Waals surface area contributed by atoms with Crippen molar-refractivity contribution in [3.05, 3.63) is 61.4 Å². The van der Waals surface area contributed by atoms with Crippen LogP contribution in [0.15, 0.2) is 61.4 Å². The molecule has 35 heavy (non-hydrogen) atoms. The van der Waals surface area contributed by atoms with E-state index in [4.69, 9.17) is 0 Å². The Morgan fingerprint density at radius 3 is 2.29 bits per heavy atom. The lowest BCUT2D eigenvalue weighted by molar-refractivity contribution is -0.135. The standard InChI is InChI=1S/C27H31N7O/c1-4-32(2)27(35)19-8-10-25(11-9-19)34-18-24(16-31-34)22-13-28-26(29-14-22)21-7-5-6-20(12-21)23-15-30-33(3)17-23/h5-7,12-19,25H,4,8-11H2,1-3H3/t19-,25-. The molecule has 3 heterocycles. The van der Waals surface area contributed by atoms with Crippen molar-refractivity contribution in [3.63, 3.8) is 0 Å². The molecule has 1 aromatic carbocycles.